The van der Waals surface area contributed by atoms with E-state index in [1.807, 2.05) is 74.5 Å². The largest absolute Gasteiger partial charge is 0.348 e. The van der Waals surface area contributed by atoms with Crippen LogP contribution >= 0.6 is 0 Å². The molecular weight excluding hydrogens is 362 g/mol. The molecule has 0 aliphatic heterocycles. The molecule has 29 heavy (non-hydrogen) atoms. The van der Waals surface area contributed by atoms with Gasteiger partial charge in [0.05, 0.1) is 0 Å². The lowest BCUT2D eigenvalue weighted by Crippen LogP contribution is -2.37. The molecule has 5 heteroatoms. The van der Waals surface area contributed by atoms with E-state index in [0.717, 1.165) is 11.1 Å². The van der Waals surface area contributed by atoms with Gasteiger partial charge in [-0.2, -0.15) is 0 Å². The highest BCUT2D eigenvalue weighted by Crippen LogP contribution is 2.13. The van der Waals surface area contributed by atoms with Crippen LogP contribution in [0.3, 0.4) is 0 Å². The fourth-order valence-electron chi connectivity index (χ4n) is 2.99. The fraction of sp³-hybridized carbons (Fsp3) is 0.208. The molecule has 0 saturated carbocycles. The third kappa shape index (κ3) is 5.51. The van der Waals surface area contributed by atoms with E-state index in [1.165, 1.54) is 6.20 Å². The molecule has 3 rings (SSSR count). The van der Waals surface area contributed by atoms with Crippen molar-refractivity contribution in [3.63, 3.8) is 0 Å². The van der Waals surface area contributed by atoms with Crippen molar-refractivity contribution in [2.24, 2.45) is 0 Å². The zero-order chi connectivity index (χ0) is 20.6. The number of carbonyl (C=O) groups is 2. The maximum absolute atomic E-state index is 13.1. The lowest BCUT2D eigenvalue weighted by molar-refractivity contribution is 0.0684. The summed E-state index contributed by atoms with van der Waals surface area (Å²) in [7, 11) is 0. The number of benzene rings is 2. The van der Waals surface area contributed by atoms with Crippen LogP contribution in [0.5, 0.6) is 0 Å². The molecule has 0 aliphatic carbocycles. The molecule has 5 nitrogen and oxygen atoms in total. The number of pyridine rings is 1. The highest BCUT2D eigenvalue weighted by Gasteiger charge is 2.21. The van der Waals surface area contributed by atoms with E-state index in [-0.39, 0.29) is 23.6 Å². The van der Waals surface area contributed by atoms with Gasteiger partial charge in [-0.15, -0.1) is 0 Å². The predicted molar refractivity (Wildman–Crippen MR) is 113 cm³/mol. The highest BCUT2D eigenvalue weighted by molar-refractivity contribution is 5.98. The molecule has 1 heterocycles. The van der Waals surface area contributed by atoms with Gasteiger partial charge in [0, 0.05) is 30.9 Å². The number of carbonyl (C=O) groups excluding carboxylic acids is 2. The van der Waals surface area contributed by atoms with Crippen LogP contribution in [0.1, 0.15) is 45.8 Å². The van der Waals surface area contributed by atoms with E-state index in [4.69, 9.17) is 0 Å². The van der Waals surface area contributed by atoms with Gasteiger partial charge in [0.1, 0.15) is 5.69 Å². The smallest absolute Gasteiger partial charge is 0.272 e. The van der Waals surface area contributed by atoms with Crippen LogP contribution in [0, 0.1) is 0 Å². The zero-order valence-electron chi connectivity index (χ0n) is 16.7. The van der Waals surface area contributed by atoms with E-state index in [2.05, 4.69) is 10.3 Å². The third-order valence-electron chi connectivity index (χ3n) is 4.62. The van der Waals surface area contributed by atoms with Crippen molar-refractivity contribution < 1.29 is 9.59 Å². The number of aromatic nitrogens is 1. The topological polar surface area (TPSA) is 62.3 Å². The Kier molecular flexibility index (Phi) is 6.74. The normalized spacial score (nSPS) is 10.6. The second-order valence-electron chi connectivity index (χ2n) is 7.11. The van der Waals surface area contributed by atoms with Crippen LogP contribution in [-0.2, 0) is 13.1 Å². The van der Waals surface area contributed by atoms with Gasteiger partial charge in [0.2, 0.25) is 0 Å². The summed E-state index contributed by atoms with van der Waals surface area (Å²) >= 11 is 0. The van der Waals surface area contributed by atoms with Crippen molar-refractivity contribution in [1.29, 1.82) is 0 Å². The van der Waals surface area contributed by atoms with Crippen LogP contribution < -0.4 is 5.32 Å². The Morgan fingerprint density at radius 2 is 1.55 bits per heavy atom. The molecule has 0 unspecified atom stereocenters. The van der Waals surface area contributed by atoms with E-state index >= 15 is 0 Å². The number of hydrogen-bond acceptors (Lipinski definition) is 3. The first-order valence-electron chi connectivity index (χ1n) is 9.67. The predicted octanol–water partition coefficient (Wildman–Crippen LogP) is 4.06. The van der Waals surface area contributed by atoms with Crippen LogP contribution in [0.2, 0.25) is 0 Å². The number of nitrogens with one attached hydrogen (secondary N) is 1. The quantitative estimate of drug-likeness (QED) is 0.665. The summed E-state index contributed by atoms with van der Waals surface area (Å²) in [4.78, 5) is 31.6. The molecule has 0 fully saturated rings. The molecule has 0 bridgehead atoms. The average Bonchev–Trinajstić information content (AvgIpc) is 2.76. The van der Waals surface area contributed by atoms with E-state index in [9.17, 15) is 9.59 Å². The van der Waals surface area contributed by atoms with Crippen molar-refractivity contribution in [2.75, 3.05) is 0 Å². The number of nitrogens with zero attached hydrogens (tertiary/aromatic N) is 2. The maximum atomic E-state index is 13.1. The van der Waals surface area contributed by atoms with Crippen molar-refractivity contribution >= 4 is 11.8 Å². The summed E-state index contributed by atoms with van der Waals surface area (Å²) in [5, 5.41) is 2.88. The standard InChI is InChI=1S/C24H25N3O2/c1-18(2)27(17-20-11-7-4-8-12-20)24(29)22-15-21(13-14-25-22)23(28)26-16-19-9-5-3-6-10-19/h3-15,18H,16-17H2,1-2H3,(H,26,28). The Labute approximate surface area is 171 Å². The van der Waals surface area contributed by atoms with Gasteiger partial charge in [-0.25, -0.2) is 0 Å². The molecule has 1 N–H and O–H groups in total. The first kappa shape index (κ1) is 20.3. The van der Waals surface area contributed by atoms with Gasteiger partial charge in [0.15, 0.2) is 0 Å². The average molecular weight is 387 g/mol. The first-order chi connectivity index (χ1) is 14.0. The molecule has 2 aromatic carbocycles. The minimum Gasteiger partial charge on any atom is -0.348 e. The molecule has 0 spiro atoms. The summed E-state index contributed by atoms with van der Waals surface area (Å²) in [5.41, 5.74) is 2.75. The summed E-state index contributed by atoms with van der Waals surface area (Å²) in [6.45, 7) is 4.86. The van der Waals surface area contributed by atoms with E-state index < -0.39 is 0 Å². The Morgan fingerprint density at radius 1 is 0.931 bits per heavy atom. The molecule has 0 aliphatic rings. The number of amides is 2. The van der Waals surface area contributed by atoms with Crippen molar-refractivity contribution in [2.45, 2.75) is 33.0 Å². The van der Waals surface area contributed by atoms with E-state index in [1.54, 1.807) is 17.0 Å². The molecule has 2 amide bonds. The van der Waals surface area contributed by atoms with Gasteiger partial charge in [-0.3, -0.25) is 14.6 Å². The summed E-state index contributed by atoms with van der Waals surface area (Å²) in [6, 6.07) is 22.7. The Bertz CT molecular complexity index is 956. The minimum atomic E-state index is -0.232. The van der Waals surface area contributed by atoms with Crippen LogP contribution in [0.4, 0.5) is 0 Å². The lowest BCUT2D eigenvalue weighted by atomic mass is 10.1. The van der Waals surface area contributed by atoms with Crippen LogP contribution in [-0.4, -0.2) is 27.7 Å². The van der Waals surface area contributed by atoms with Crippen LogP contribution in [0.25, 0.3) is 0 Å². The van der Waals surface area contributed by atoms with Crippen LogP contribution in [0.15, 0.2) is 79.0 Å². The zero-order valence-corrected chi connectivity index (χ0v) is 16.7. The van der Waals surface area contributed by atoms with Crippen molar-refractivity contribution in [3.05, 3.63) is 101 Å². The second-order valence-corrected chi connectivity index (χ2v) is 7.11. The first-order valence-corrected chi connectivity index (χ1v) is 9.67. The van der Waals surface area contributed by atoms with Gasteiger partial charge < -0.3 is 10.2 Å². The SMILES string of the molecule is CC(C)N(Cc1ccccc1)C(=O)c1cc(C(=O)NCc2ccccc2)ccn1. The highest BCUT2D eigenvalue weighted by atomic mass is 16.2. The van der Waals surface area contributed by atoms with E-state index in [0.29, 0.717) is 18.7 Å². The summed E-state index contributed by atoms with van der Waals surface area (Å²) in [6.07, 6.45) is 1.51. The monoisotopic (exact) mass is 387 g/mol. The van der Waals surface area contributed by atoms with Gasteiger partial charge >= 0.3 is 0 Å². The van der Waals surface area contributed by atoms with Crippen molar-refractivity contribution in [1.82, 2.24) is 15.2 Å². The lowest BCUT2D eigenvalue weighted by Gasteiger charge is -2.26. The molecule has 0 atom stereocenters. The number of rotatable bonds is 7. The maximum Gasteiger partial charge on any atom is 0.272 e. The van der Waals surface area contributed by atoms with Crippen molar-refractivity contribution in [3.8, 4) is 0 Å². The molecule has 0 saturated heterocycles. The van der Waals surface area contributed by atoms with Gasteiger partial charge in [0.25, 0.3) is 11.8 Å². The third-order valence-corrected chi connectivity index (χ3v) is 4.62. The summed E-state index contributed by atoms with van der Waals surface area (Å²) < 4.78 is 0. The fourth-order valence-corrected chi connectivity index (χ4v) is 2.99. The Hall–Kier alpha value is -3.47. The molecule has 3 aromatic rings. The molecule has 0 radical (unpaired) electrons. The minimum absolute atomic E-state index is 0.0000643. The second kappa shape index (κ2) is 9.64. The van der Waals surface area contributed by atoms with Gasteiger partial charge in [-0.1, -0.05) is 60.7 Å². The number of hydrogen-bond donors (Lipinski definition) is 1. The Balaban J connectivity index is 1.72. The molecule has 148 valence electrons. The molecule has 1 aromatic heterocycles. The summed E-state index contributed by atoms with van der Waals surface area (Å²) in [5.74, 6) is -0.425. The van der Waals surface area contributed by atoms with Gasteiger partial charge in [-0.05, 0) is 37.1 Å². The molecular formula is C24H25N3O2. The Morgan fingerprint density at radius 3 is 2.17 bits per heavy atom.